The summed E-state index contributed by atoms with van der Waals surface area (Å²) >= 11 is 0. The predicted octanol–water partition coefficient (Wildman–Crippen LogP) is 5.00. The van der Waals surface area contributed by atoms with Crippen molar-refractivity contribution in [2.24, 2.45) is 11.7 Å². The molecule has 1 aliphatic heterocycles. The fourth-order valence-corrected chi connectivity index (χ4v) is 4.66. The number of furan rings is 1. The van der Waals surface area contributed by atoms with Crippen LogP contribution in [0.1, 0.15) is 34.7 Å². The van der Waals surface area contributed by atoms with Crippen molar-refractivity contribution >= 4 is 28.3 Å². The highest BCUT2D eigenvalue weighted by Crippen LogP contribution is 2.22. The number of carbonyl (C=O) groups excluding carboxylic acids is 2. The van der Waals surface area contributed by atoms with E-state index in [4.69, 9.17) is 14.9 Å². The Hall–Kier alpha value is -4.10. The molecule has 0 aliphatic carbocycles. The molecular formula is C30H31N3O4. The maximum absolute atomic E-state index is 12.7. The standard InChI is InChI=1S/C30H31N3O4/c31-29(34)23-14-17-33(18-15-23)16-13-21-5-8-25(9-6-21)32-30(35)28-12-11-27(37-28)20-36-26-10-7-22-3-1-2-4-24(22)19-26/h1-12,19,23H,13-18,20H2,(H2,31,34)(H,32,35). The molecule has 0 spiro atoms. The molecular weight excluding hydrogens is 466 g/mol. The average Bonchev–Trinajstić information content (AvgIpc) is 3.41. The summed E-state index contributed by atoms with van der Waals surface area (Å²) in [5.41, 5.74) is 7.32. The lowest BCUT2D eigenvalue weighted by atomic mass is 9.96. The van der Waals surface area contributed by atoms with E-state index in [1.165, 1.54) is 5.56 Å². The van der Waals surface area contributed by atoms with Crippen molar-refractivity contribution in [3.8, 4) is 5.75 Å². The summed E-state index contributed by atoms with van der Waals surface area (Å²) in [6.45, 7) is 2.98. The number of anilines is 1. The molecule has 1 fully saturated rings. The number of carbonyl (C=O) groups is 2. The maximum Gasteiger partial charge on any atom is 0.291 e. The van der Waals surface area contributed by atoms with Crippen molar-refractivity contribution < 1.29 is 18.7 Å². The van der Waals surface area contributed by atoms with Crippen LogP contribution < -0.4 is 15.8 Å². The molecule has 1 aliphatic rings. The van der Waals surface area contributed by atoms with Crippen molar-refractivity contribution in [1.82, 2.24) is 4.90 Å². The molecule has 1 saturated heterocycles. The van der Waals surface area contributed by atoms with Crippen LogP contribution in [0, 0.1) is 5.92 Å². The summed E-state index contributed by atoms with van der Waals surface area (Å²) in [6, 6.07) is 25.3. The molecule has 0 saturated carbocycles. The number of fused-ring (bicyclic) bond motifs is 1. The fourth-order valence-electron chi connectivity index (χ4n) is 4.66. The highest BCUT2D eigenvalue weighted by Gasteiger charge is 2.22. The first-order valence-corrected chi connectivity index (χ1v) is 12.7. The van der Waals surface area contributed by atoms with Gasteiger partial charge in [0.25, 0.3) is 5.91 Å². The van der Waals surface area contributed by atoms with Gasteiger partial charge in [-0.15, -0.1) is 0 Å². The minimum absolute atomic E-state index is 0.0153. The second-order valence-electron chi connectivity index (χ2n) is 9.48. The van der Waals surface area contributed by atoms with Gasteiger partial charge in [-0.3, -0.25) is 9.59 Å². The van der Waals surface area contributed by atoms with Gasteiger partial charge in [0.2, 0.25) is 5.91 Å². The molecule has 3 N–H and O–H groups in total. The normalized spacial score (nSPS) is 14.5. The highest BCUT2D eigenvalue weighted by atomic mass is 16.5. The van der Waals surface area contributed by atoms with Gasteiger partial charge in [0, 0.05) is 18.2 Å². The van der Waals surface area contributed by atoms with E-state index in [1.54, 1.807) is 12.1 Å². The Morgan fingerprint density at radius 2 is 1.70 bits per heavy atom. The van der Waals surface area contributed by atoms with E-state index in [-0.39, 0.29) is 30.1 Å². The molecule has 2 heterocycles. The largest absolute Gasteiger partial charge is 0.486 e. The highest BCUT2D eigenvalue weighted by molar-refractivity contribution is 6.02. The summed E-state index contributed by atoms with van der Waals surface area (Å²) in [6.07, 6.45) is 2.59. The zero-order valence-corrected chi connectivity index (χ0v) is 20.7. The lowest BCUT2D eigenvalue weighted by Gasteiger charge is -2.30. The van der Waals surface area contributed by atoms with Gasteiger partial charge < -0.3 is 25.1 Å². The Morgan fingerprint density at radius 1 is 0.946 bits per heavy atom. The molecule has 7 heteroatoms. The van der Waals surface area contributed by atoms with Gasteiger partial charge in [0.1, 0.15) is 18.1 Å². The Kier molecular flexibility index (Phi) is 7.51. The minimum Gasteiger partial charge on any atom is -0.486 e. The van der Waals surface area contributed by atoms with Gasteiger partial charge in [-0.05, 0) is 85.1 Å². The van der Waals surface area contributed by atoms with Crippen molar-refractivity contribution in [3.63, 3.8) is 0 Å². The van der Waals surface area contributed by atoms with Gasteiger partial charge in [-0.2, -0.15) is 0 Å². The van der Waals surface area contributed by atoms with Crippen LogP contribution in [0.4, 0.5) is 5.69 Å². The molecule has 0 radical (unpaired) electrons. The van der Waals surface area contributed by atoms with Crippen molar-refractivity contribution in [1.29, 1.82) is 0 Å². The van der Waals surface area contributed by atoms with Crippen LogP contribution in [0.2, 0.25) is 0 Å². The first-order valence-electron chi connectivity index (χ1n) is 12.7. The number of piperidine rings is 1. The summed E-state index contributed by atoms with van der Waals surface area (Å²) < 4.78 is 11.6. The van der Waals surface area contributed by atoms with Crippen molar-refractivity contribution in [2.75, 3.05) is 25.0 Å². The van der Waals surface area contributed by atoms with Crippen LogP contribution in [0.25, 0.3) is 10.8 Å². The Labute approximate surface area is 216 Å². The van der Waals surface area contributed by atoms with E-state index in [1.807, 2.05) is 60.7 Å². The van der Waals surface area contributed by atoms with E-state index in [9.17, 15) is 9.59 Å². The fraction of sp³-hybridized carbons (Fsp3) is 0.267. The molecule has 2 amide bonds. The van der Waals surface area contributed by atoms with Crippen LogP contribution in [-0.2, 0) is 17.8 Å². The molecule has 7 nitrogen and oxygen atoms in total. The van der Waals surface area contributed by atoms with Crippen LogP contribution in [-0.4, -0.2) is 36.3 Å². The number of nitrogens with zero attached hydrogens (tertiary/aromatic N) is 1. The number of amides is 2. The van der Waals surface area contributed by atoms with Crippen molar-refractivity contribution in [2.45, 2.75) is 25.9 Å². The summed E-state index contributed by atoms with van der Waals surface area (Å²) in [4.78, 5) is 26.3. The number of hydrogen-bond acceptors (Lipinski definition) is 5. The maximum atomic E-state index is 12.7. The molecule has 4 aromatic rings. The summed E-state index contributed by atoms with van der Waals surface area (Å²) in [5.74, 6) is 1.09. The Morgan fingerprint density at radius 3 is 2.46 bits per heavy atom. The third kappa shape index (κ3) is 6.37. The SMILES string of the molecule is NC(=O)C1CCN(CCc2ccc(NC(=O)c3ccc(COc4ccc5ccccc5c4)o3)cc2)CC1. The van der Waals surface area contributed by atoms with Crippen molar-refractivity contribution in [3.05, 3.63) is 95.9 Å². The molecule has 0 unspecified atom stereocenters. The second kappa shape index (κ2) is 11.3. The number of nitrogens with two attached hydrogens (primary N) is 1. The summed E-state index contributed by atoms with van der Waals surface area (Å²) in [7, 11) is 0. The zero-order chi connectivity index (χ0) is 25.6. The quantitative estimate of drug-likeness (QED) is 0.339. The number of nitrogens with one attached hydrogen (secondary N) is 1. The number of ether oxygens (including phenoxy) is 1. The van der Waals surface area contributed by atoms with Gasteiger partial charge in [-0.1, -0.05) is 42.5 Å². The van der Waals surface area contributed by atoms with Crippen LogP contribution >= 0.6 is 0 Å². The van der Waals surface area contributed by atoms with E-state index < -0.39 is 0 Å². The molecule has 190 valence electrons. The minimum atomic E-state index is -0.304. The number of primary amides is 1. The Balaban J connectivity index is 1.09. The Bertz CT molecular complexity index is 1370. The monoisotopic (exact) mass is 497 g/mol. The number of benzene rings is 3. The van der Waals surface area contributed by atoms with Crippen LogP contribution in [0.15, 0.2) is 83.3 Å². The third-order valence-corrected chi connectivity index (χ3v) is 6.91. The zero-order valence-electron chi connectivity index (χ0n) is 20.7. The van der Waals surface area contributed by atoms with Gasteiger partial charge >= 0.3 is 0 Å². The predicted molar refractivity (Wildman–Crippen MR) is 143 cm³/mol. The first kappa shape index (κ1) is 24.6. The summed E-state index contributed by atoms with van der Waals surface area (Å²) in [5, 5.41) is 5.15. The lowest BCUT2D eigenvalue weighted by molar-refractivity contribution is -0.123. The van der Waals surface area contributed by atoms with E-state index in [2.05, 4.69) is 16.3 Å². The number of likely N-dealkylation sites (tertiary alicyclic amines) is 1. The van der Waals surface area contributed by atoms with E-state index in [0.717, 1.165) is 55.4 Å². The number of hydrogen-bond donors (Lipinski definition) is 2. The number of rotatable bonds is 9. The first-order chi connectivity index (χ1) is 18.0. The lowest BCUT2D eigenvalue weighted by Crippen LogP contribution is -2.39. The smallest absolute Gasteiger partial charge is 0.291 e. The van der Waals surface area contributed by atoms with E-state index >= 15 is 0 Å². The molecule has 0 bridgehead atoms. The third-order valence-electron chi connectivity index (χ3n) is 6.91. The van der Waals surface area contributed by atoms with E-state index in [0.29, 0.717) is 11.4 Å². The van der Waals surface area contributed by atoms with Crippen LogP contribution in [0.3, 0.4) is 0 Å². The molecule has 3 aromatic carbocycles. The average molecular weight is 498 g/mol. The topological polar surface area (TPSA) is 97.8 Å². The molecule has 37 heavy (non-hydrogen) atoms. The van der Waals surface area contributed by atoms with Gasteiger partial charge in [0.05, 0.1) is 0 Å². The molecule has 5 rings (SSSR count). The molecule has 1 aromatic heterocycles. The van der Waals surface area contributed by atoms with Crippen LogP contribution in [0.5, 0.6) is 5.75 Å². The second-order valence-corrected chi connectivity index (χ2v) is 9.48. The molecule has 0 atom stereocenters. The van der Waals surface area contributed by atoms with Gasteiger partial charge in [0.15, 0.2) is 5.76 Å². The van der Waals surface area contributed by atoms with Gasteiger partial charge in [-0.25, -0.2) is 0 Å².